The number of nitrogens with two attached hydrogens (primary N) is 2. The van der Waals surface area contributed by atoms with E-state index in [9.17, 15) is 9.59 Å². The van der Waals surface area contributed by atoms with Crippen molar-refractivity contribution in [2.75, 3.05) is 31.8 Å². The number of Topliss-reactive ketones (excluding diaryl/α,β-unsaturated/α-hetero) is 1. The zero-order valence-corrected chi connectivity index (χ0v) is 21.8. The number of guanidine groups is 1. The summed E-state index contributed by atoms with van der Waals surface area (Å²) in [7, 11) is 1.48. The number of piperazine rings is 1. The minimum absolute atomic E-state index is 0.184. The van der Waals surface area contributed by atoms with Crippen LogP contribution in [0.2, 0.25) is 0 Å². The molecule has 14 heteroatoms. The Kier molecular flexibility index (Phi) is 6.85. The van der Waals surface area contributed by atoms with Gasteiger partial charge >= 0.3 is 0 Å². The smallest absolute Gasteiger partial charge is 0.295 e. The average Bonchev–Trinajstić information content (AvgIpc) is 3.59. The number of amides is 1. The molecule has 0 unspecified atom stereocenters. The maximum Gasteiger partial charge on any atom is 0.295 e. The molecule has 1 saturated heterocycles. The molecule has 1 fully saturated rings. The number of benzene rings is 1. The molecule has 202 valence electrons. The Hall–Kier alpha value is -4.98. The highest BCUT2D eigenvalue weighted by Gasteiger charge is 2.35. The van der Waals surface area contributed by atoms with Crippen molar-refractivity contribution in [3.8, 4) is 11.6 Å². The van der Waals surface area contributed by atoms with Crippen molar-refractivity contribution in [1.82, 2.24) is 34.5 Å². The highest BCUT2D eigenvalue weighted by atomic mass is 16.5. The number of aromatic amines is 1. The molecule has 1 amide bonds. The van der Waals surface area contributed by atoms with Gasteiger partial charge in [0.15, 0.2) is 5.82 Å². The lowest BCUT2D eigenvalue weighted by Crippen LogP contribution is -2.60. The highest BCUT2D eigenvalue weighted by molar-refractivity contribution is 6.45. The number of nitrogens with one attached hydrogen (secondary N) is 1. The molecule has 0 radical (unpaired) electrons. The first-order chi connectivity index (χ1) is 18.8. The van der Waals surface area contributed by atoms with Crippen LogP contribution < -0.4 is 21.4 Å². The molecule has 39 heavy (non-hydrogen) atoms. The summed E-state index contributed by atoms with van der Waals surface area (Å²) in [4.78, 5) is 42.1. The van der Waals surface area contributed by atoms with Gasteiger partial charge in [-0.25, -0.2) is 25.5 Å². The number of hydrogen-bond acceptors (Lipinski definition) is 9. The van der Waals surface area contributed by atoms with Gasteiger partial charge in [0.05, 0.1) is 35.5 Å². The second kappa shape index (κ2) is 10.4. The lowest BCUT2D eigenvalue weighted by atomic mass is 10.1. The van der Waals surface area contributed by atoms with Gasteiger partial charge in [0.25, 0.3) is 11.7 Å². The molecule has 3 aromatic heterocycles. The second-order valence-electron chi connectivity index (χ2n) is 9.10. The van der Waals surface area contributed by atoms with E-state index in [2.05, 4.69) is 25.2 Å². The first-order valence-electron chi connectivity index (χ1n) is 12.2. The monoisotopic (exact) mass is 531 g/mol. The number of anilines is 1. The molecule has 1 aliphatic rings. The highest BCUT2D eigenvalue weighted by Crippen LogP contribution is 2.32. The number of H-pyrrole nitrogens is 1. The van der Waals surface area contributed by atoms with Crippen molar-refractivity contribution in [2.24, 2.45) is 16.8 Å². The van der Waals surface area contributed by atoms with Crippen LogP contribution in [0, 0.1) is 6.92 Å². The van der Waals surface area contributed by atoms with Gasteiger partial charge in [-0.05, 0) is 26.0 Å². The van der Waals surface area contributed by atoms with E-state index in [-0.39, 0.29) is 18.2 Å². The van der Waals surface area contributed by atoms with Gasteiger partial charge in [-0.3, -0.25) is 9.59 Å². The van der Waals surface area contributed by atoms with E-state index in [1.54, 1.807) is 11.8 Å². The summed E-state index contributed by atoms with van der Waals surface area (Å²) in [6.45, 7) is 4.66. The molecule has 1 aromatic carbocycles. The summed E-state index contributed by atoms with van der Waals surface area (Å²) in [6.07, 6.45) is 4.51. The van der Waals surface area contributed by atoms with E-state index >= 15 is 0 Å². The molecule has 0 bridgehead atoms. The van der Waals surface area contributed by atoms with E-state index in [4.69, 9.17) is 16.4 Å². The molecule has 4 aromatic rings. The lowest BCUT2D eigenvalue weighted by molar-refractivity contribution is -0.130. The van der Waals surface area contributed by atoms with E-state index in [1.165, 1.54) is 35.5 Å². The van der Waals surface area contributed by atoms with E-state index in [0.29, 0.717) is 53.0 Å². The summed E-state index contributed by atoms with van der Waals surface area (Å²) in [5.41, 5.74) is 1.40. The van der Waals surface area contributed by atoms with Crippen LogP contribution in [-0.4, -0.2) is 85.0 Å². The molecule has 0 aliphatic carbocycles. The fourth-order valence-corrected chi connectivity index (χ4v) is 4.75. The number of para-hydroxylation sites is 1. The first-order valence-corrected chi connectivity index (χ1v) is 12.2. The zero-order valence-electron chi connectivity index (χ0n) is 21.8. The molecular weight excluding hydrogens is 502 g/mol. The summed E-state index contributed by atoms with van der Waals surface area (Å²) in [6, 6.07) is 8.97. The lowest BCUT2D eigenvalue weighted by Gasteiger charge is -2.42. The largest absolute Gasteiger partial charge is 0.494 e. The number of fused-ring (bicyclic) bond motifs is 1. The Labute approximate surface area is 223 Å². The van der Waals surface area contributed by atoms with Crippen LogP contribution in [-0.2, 0) is 4.79 Å². The average molecular weight is 532 g/mol. The second-order valence-corrected chi connectivity index (χ2v) is 9.10. The summed E-state index contributed by atoms with van der Waals surface area (Å²) < 4.78 is 6.98. The number of hydrazine groups is 1. The molecule has 4 heterocycles. The fraction of sp³-hybridized carbons (Fsp3) is 0.280. The Morgan fingerprint density at radius 1 is 1.21 bits per heavy atom. The topological polar surface area (TPSA) is 177 Å². The third kappa shape index (κ3) is 4.61. The van der Waals surface area contributed by atoms with Gasteiger partial charge < -0.3 is 25.4 Å². The number of ketones is 1. The SMILES string of the molecule is COc1cnc(-n2cnc(C)n2)c2[nH]cc(C(=O)C(=O)N3CCN(/C(=N/N)N(N)c4ccccc4)C[C@H]3C)c12. The number of aromatic nitrogens is 5. The quantitative estimate of drug-likeness (QED) is 0.0833. The molecular formula is C25H29N11O3. The minimum atomic E-state index is -0.663. The van der Waals surface area contributed by atoms with E-state index in [1.807, 2.05) is 42.2 Å². The number of rotatable bonds is 5. The Morgan fingerprint density at radius 2 is 1.97 bits per heavy atom. The molecule has 1 aliphatic heterocycles. The van der Waals surface area contributed by atoms with Crippen molar-refractivity contribution >= 4 is 34.2 Å². The maximum atomic E-state index is 13.5. The standard InChI is InChI=1S/C25H29N11O3/c1-15-13-33(25(31-26)36(27)17-7-5-4-6-8-17)9-10-34(15)24(38)22(37)18-11-28-21-20(18)19(39-3)12-29-23(21)35-14-30-16(2)32-35/h4-8,11-12,14-15,28H,9-10,13,26-27H2,1-3H3/b31-25-/t15-/m1/s1. The fourth-order valence-electron chi connectivity index (χ4n) is 4.75. The summed E-state index contributed by atoms with van der Waals surface area (Å²) in [5, 5.41) is 10.0. The van der Waals surface area contributed by atoms with Crippen LogP contribution >= 0.6 is 0 Å². The van der Waals surface area contributed by atoms with Crippen LogP contribution in [0.4, 0.5) is 5.69 Å². The van der Waals surface area contributed by atoms with Crippen molar-refractivity contribution in [3.63, 3.8) is 0 Å². The maximum absolute atomic E-state index is 13.5. The van der Waals surface area contributed by atoms with Crippen molar-refractivity contribution in [1.29, 1.82) is 0 Å². The Balaban J connectivity index is 1.37. The molecule has 0 saturated carbocycles. The molecule has 5 rings (SSSR count). The number of carbonyl (C=O) groups is 2. The molecule has 5 N–H and O–H groups in total. The van der Waals surface area contributed by atoms with Gasteiger partial charge in [-0.2, -0.15) is 5.10 Å². The summed E-state index contributed by atoms with van der Waals surface area (Å²) >= 11 is 0. The summed E-state index contributed by atoms with van der Waals surface area (Å²) in [5.74, 6) is 12.4. The molecule has 14 nitrogen and oxygen atoms in total. The molecule has 1 atom stereocenters. The number of hydrazone groups is 1. The van der Waals surface area contributed by atoms with Crippen molar-refractivity contribution in [3.05, 3.63) is 60.4 Å². The Bertz CT molecular complexity index is 1550. The zero-order chi connectivity index (χ0) is 27.7. The van der Waals surface area contributed by atoms with Crippen LogP contribution in [0.25, 0.3) is 16.7 Å². The predicted molar refractivity (Wildman–Crippen MR) is 144 cm³/mol. The Morgan fingerprint density at radius 3 is 2.62 bits per heavy atom. The van der Waals surface area contributed by atoms with Gasteiger partial charge in [-0.1, -0.05) is 18.2 Å². The number of ether oxygens (including phenoxy) is 1. The number of pyridine rings is 1. The van der Waals surface area contributed by atoms with Gasteiger partial charge in [0, 0.05) is 31.9 Å². The van der Waals surface area contributed by atoms with E-state index < -0.39 is 11.7 Å². The van der Waals surface area contributed by atoms with E-state index in [0.717, 1.165) is 0 Å². The van der Waals surface area contributed by atoms with Gasteiger partial charge in [0.2, 0.25) is 5.96 Å². The van der Waals surface area contributed by atoms with Crippen LogP contribution in [0.3, 0.4) is 0 Å². The van der Waals surface area contributed by atoms with Gasteiger partial charge in [-0.15, -0.1) is 5.10 Å². The van der Waals surface area contributed by atoms with Crippen LogP contribution in [0.15, 0.2) is 54.2 Å². The minimum Gasteiger partial charge on any atom is -0.494 e. The molecule has 0 spiro atoms. The number of nitrogens with zero attached hydrogens (tertiary/aromatic N) is 8. The van der Waals surface area contributed by atoms with Crippen LogP contribution in [0.5, 0.6) is 5.75 Å². The number of hydrogen-bond donors (Lipinski definition) is 3. The first kappa shape index (κ1) is 25.7. The van der Waals surface area contributed by atoms with Gasteiger partial charge in [0.1, 0.15) is 17.9 Å². The van der Waals surface area contributed by atoms with Crippen molar-refractivity contribution in [2.45, 2.75) is 19.9 Å². The van der Waals surface area contributed by atoms with Crippen LogP contribution in [0.1, 0.15) is 23.1 Å². The predicted octanol–water partition coefficient (Wildman–Crippen LogP) is 0.786. The normalized spacial score (nSPS) is 16.0. The van der Waals surface area contributed by atoms with Crippen molar-refractivity contribution < 1.29 is 14.3 Å². The third-order valence-electron chi connectivity index (χ3n) is 6.67. The number of aryl methyl sites for hydroxylation is 1. The third-order valence-corrected chi connectivity index (χ3v) is 6.67. The number of methoxy groups -OCH3 is 1. The number of carbonyl (C=O) groups excluding carboxylic acids is 2.